The molecule has 12 nitrogen and oxygen atoms in total. The highest BCUT2D eigenvalue weighted by Gasteiger charge is 2.38. The first-order chi connectivity index (χ1) is 17.6. The highest BCUT2D eigenvalue weighted by atomic mass is 16.3. The predicted molar refractivity (Wildman–Crippen MR) is 131 cm³/mol. The van der Waals surface area contributed by atoms with Crippen LogP contribution in [0.3, 0.4) is 0 Å². The summed E-state index contributed by atoms with van der Waals surface area (Å²) in [5, 5.41) is 4.34. The average Bonchev–Trinajstić information content (AvgIpc) is 3.69. The largest absolute Gasteiger partial charge is 0.461 e. The lowest BCUT2D eigenvalue weighted by Crippen LogP contribution is -2.51. The maximum Gasteiger partial charge on any atom is 0.259 e. The molecule has 3 aromatic rings. The molecule has 12 heteroatoms. The van der Waals surface area contributed by atoms with Gasteiger partial charge in [0.05, 0.1) is 6.26 Å². The number of aromatic nitrogens is 5. The predicted octanol–water partition coefficient (Wildman–Crippen LogP) is 1.58. The Hall–Kier alpha value is -3.70. The van der Waals surface area contributed by atoms with Gasteiger partial charge in [-0.15, -0.1) is 5.10 Å². The van der Waals surface area contributed by atoms with Crippen LogP contribution >= 0.6 is 0 Å². The van der Waals surface area contributed by atoms with E-state index in [1.807, 2.05) is 14.7 Å². The molecular weight excluding hydrogens is 462 g/mol. The van der Waals surface area contributed by atoms with Crippen molar-refractivity contribution in [2.45, 2.75) is 51.0 Å². The van der Waals surface area contributed by atoms with Gasteiger partial charge in [-0.25, -0.2) is 0 Å². The number of hydrogen-bond donors (Lipinski definition) is 1. The van der Waals surface area contributed by atoms with Crippen LogP contribution in [0, 0.1) is 5.92 Å². The van der Waals surface area contributed by atoms with Gasteiger partial charge in [-0.05, 0) is 57.1 Å². The maximum atomic E-state index is 13.5. The van der Waals surface area contributed by atoms with Crippen LogP contribution in [0.5, 0.6) is 0 Å². The summed E-state index contributed by atoms with van der Waals surface area (Å²) in [5.74, 6) is 2.07. The summed E-state index contributed by atoms with van der Waals surface area (Å²) in [6.07, 6.45) is 7.98. The summed E-state index contributed by atoms with van der Waals surface area (Å²) in [6, 6.07) is 3.17. The molecule has 0 aromatic carbocycles. The SMILES string of the molecule is Nc1nc(N2CCC[C@H]2C(=O)N2CCC(C(=O)N3CCCCC3)CC2)nc2nc(-c3ccco3)nn12. The lowest BCUT2D eigenvalue weighted by molar-refractivity contribution is -0.141. The third-order valence-corrected chi connectivity index (χ3v) is 7.58. The molecule has 0 aliphatic carbocycles. The third-order valence-electron chi connectivity index (χ3n) is 7.58. The first kappa shape index (κ1) is 22.7. The molecule has 0 saturated carbocycles. The van der Waals surface area contributed by atoms with Crippen LogP contribution in [0.4, 0.5) is 11.9 Å². The van der Waals surface area contributed by atoms with Crippen molar-refractivity contribution in [2.24, 2.45) is 5.92 Å². The number of anilines is 2. The summed E-state index contributed by atoms with van der Waals surface area (Å²) in [5.41, 5.74) is 6.18. The molecule has 36 heavy (non-hydrogen) atoms. The van der Waals surface area contributed by atoms with E-state index in [1.165, 1.54) is 10.9 Å². The zero-order chi connectivity index (χ0) is 24.6. The van der Waals surface area contributed by atoms with Crippen molar-refractivity contribution in [3.05, 3.63) is 18.4 Å². The first-order valence-corrected chi connectivity index (χ1v) is 12.9. The van der Waals surface area contributed by atoms with E-state index in [-0.39, 0.29) is 29.7 Å². The number of hydrogen-bond acceptors (Lipinski definition) is 9. The van der Waals surface area contributed by atoms with E-state index in [2.05, 4.69) is 20.1 Å². The minimum Gasteiger partial charge on any atom is -0.461 e. The molecule has 0 bridgehead atoms. The quantitative estimate of drug-likeness (QED) is 0.574. The zero-order valence-corrected chi connectivity index (χ0v) is 20.3. The Kier molecular flexibility index (Phi) is 5.94. The molecule has 3 aliphatic heterocycles. The fourth-order valence-corrected chi connectivity index (χ4v) is 5.63. The van der Waals surface area contributed by atoms with Gasteiger partial charge in [0, 0.05) is 38.6 Å². The summed E-state index contributed by atoms with van der Waals surface area (Å²) in [4.78, 5) is 45.7. The van der Waals surface area contributed by atoms with Crippen molar-refractivity contribution in [2.75, 3.05) is 43.4 Å². The van der Waals surface area contributed by atoms with Crippen molar-refractivity contribution in [1.82, 2.24) is 34.4 Å². The van der Waals surface area contributed by atoms with Gasteiger partial charge >= 0.3 is 0 Å². The van der Waals surface area contributed by atoms with Crippen LogP contribution in [-0.4, -0.2) is 84.9 Å². The molecular formula is C24H31N9O3. The van der Waals surface area contributed by atoms with Gasteiger partial charge in [0.25, 0.3) is 5.78 Å². The number of fused-ring (bicyclic) bond motifs is 1. The molecule has 0 spiro atoms. The Bertz CT molecular complexity index is 1240. The number of piperidine rings is 2. The van der Waals surface area contributed by atoms with Crippen molar-refractivity contribution in [3.63, 3.8) is 0 Å². The van der Waals surface area contributed by atoms with E-state index >= 15 is 0 Å². The fourth-order valence-electron chi connectivity index (χ4n) is 5.63. The van der Waals surface area contributed by atoms with Gasteiger partial charge in [0.1, 0.15) is 6.04 Å². The van der Waals surface area contributed by atoms with E-state index in [0.29, 0.717) is 42.9 Å². The number of likely N-dealkylation sites (tertiary alicyclic amines) is 2. The van der Waals surface area contributed by atoms with Gasteiger partial charge in [-0.2, -0.15) is 19.5 Å². The van der Waals surface area contributed by atoms with Crippen LogP contribution < -0.4 is 10.6 Å². The summed E-state index contributed by atoms with van der Waals surface area (Å²) >= 11 is 0. The number of nitrogen functional groups attached to an aromatic ring is 1. The maximum absolute atomic E-state index is 13.5. The number of carbonyl (C=O) groups is 2. The van der Waals surface area contributed by atoms with Crippen molar-refractivity contribution in [1.29, 1.82) is 0 Å². The molecule has 3 fully saturated rings. The van der Waals surface area contributed by atoms with Gasteiger partial charge in [-0.3, -0.25) is 9.59 Å². The number of carbonyl (C=O) groups excluding carboxylic acids is 2. The Labute approximate surface area is 208 Å². The van der Waals surface area contributed by atoms with Crippen LogP contribution in [0.1, 0.15) is 44.9 Å². The second-order valence-corrected chi connectivity index (χ2v) is 9.84. The fraction of sp³-hybridized carbons (Fsp3) is 0.583. The minimum absolute atomic E-state index is 0.0219. The molecule has 3 aromatic heterocycles. The molecule has 3 saturated heterocycles. The lowest BCUT2D eigenvalue weighted by atomic mass is 9.94. The molecule has 6 heterocycles. The van der Waals surface area contributed by atoms with Gasteiger partial charge in [0.15, 0.2) is 5.76 Å². The molecule has 2 N–H and O–H groups in total. The number of nitrogens with two attached hydrogens (primary N) is 1. The Morgan fingerprint density at radius 3 is 2.42 bits per heavy atom. The first-order valence-electron chi connectivity index (χ1n) is 12.9. The van der Waals surface area contributed by atoms with Crippen molar-refractivity contribution >= 4 is 29.5 Å². The van der Waals surface area contributed by atoms with E-state index in [0.717, 1.165) is 51.6 Å². The second kappa shape index (κ2) is 9.40. The number of nitrogens with zero attached hydrogens (tertiary/aromatic N) is 8. The van der Waals surface area contributed by atoms with E-state index < -0.39 is 0 Å². The Balaban J connectivity index is 1.15. The molecule has 2 amide bonds. The standard InChI is InChI=1S/C24H31N9O3/c25-22-27-23(28-24-26-19(29-33(22)24)18-7-5-15-36-18)32-12-4-6-17(32)21(35)31-13-8-16(9-14-31)20(34)30-10-2-1-3-11-30/h5,7,15-17H,1-4,6,8-14H2,(H2,25,26,27,28,29)/t17-/m0/s1. The monoisotopic (exact) mass is 493 g/mol. The molecule has 3 aliphatic rings. The number of rotatable bonds is 4. The van der Waals surface area contributed by atoms with Gasteiger partial charge in [-0.1, -0.05) is 0 Å². The third kappa shape index (κ3) is 4.14. The van der Waals surface area contributed by atoms with E-state index in [9.17, 15) is 9.59 Å². The highest BCUT2D eigenvalue weighted by molar-refractivity contribution is 5.86. The van der Waals surface area contributed by atoms with Gasteiger partial charge in [0.2, 0.25) is 29.5 Å². The molecule has 0 unspecified atom stereocenters. The van der Waals surface area contributed by atoms with Crippen molar-refractivity contribution < 1.29 is 14.0 Å². The summed E-state index contributed by atoms with van der Waals surface area (Å²) in [6.45, 7) is 3.61. The van der Waals surface area contributed by atoms with E-state index in [1.54, 1.807) is 18.4 Å². The van der Waals surface area contributed by atoms with Crippen molar-refractivity contribution in [3.8, 4) is 11.6 Å². The average molecular weight is 494 g/mol. The normalized spacial score (nSPS) is 21.4. The highest BCUT2D eigenvalue weighted by Crippen LogP contribution is 2.28. The minimum atomic E-state index is -0.353. The van der Waals surface area contributed by atoms with Gasteiger partial charge < -0.3 is 24.9 Å². The zero-order valence-electron chi connectivity index (χ0n) is 20.3. The molecule has 190 valence electrons. The van der Waals surface area contributed by atoms with Crippen LogP contribution in [0.25, 0.3) is 17.4 Å². The Morgan fingerprint density at radius 2 is 1.67 bits per heavy atom. The molecule has 6 rings (SSSR count). The smallest absolute Gasteiger partial charge is 0.259 e. The molecule has 1 atom stereocenters. The van der Waals surface area contributed by atoms with Crippen LogP contribution in [-0.2, 0) is 9.59 Å². The van der Waals surface area contributed by atoms with E-state index in [4.69, 9.17) is 10.2 Å². The summed E-state index contributed by atoms with van der Waals surface area (Å²) in [7, 11) is 0. The summed E-state index contributed by atoms with van der Waals surface area (Å²) < 4.78 is 6.75. The van der Waals surface area contributed by atoms with Crippen LogP contribution in [0.15, 0.2) is 22.8 Å². The number of amides is 2. The van der Waals surface area contributed by atoms with Crippen LogP contribution in [0.2, 0.25) is 0 Å². The second-order valence-electron chi connectivity index (χ2n) is 9.84. The number of furan rings is 1. The topological polar surface area (TPSA) is 139 Å². The lowest BCUT2D eigenvalue weighted by Gasteiger charge is -2.37. The molecule has 0 radical (unpaired) electrons. The Morgan fingerprint density at radius 1 is 0.889 bits per heavy atom.